The van der Waals surface area contributed by atoms with E-state index in [1.807, 2.05) is 36.0 Å². The van der Waals surface area contributed by atoms with Gasteiger partial charge in [-0.2, -0.15) is 5.10 Å². The van der Waals surface area contributed by atoms with Gasteiger partial charge in [0.25, 0.3) is 5.91 Å². The quantitative estimate of drug-likeness (QED) is 0.582. The second-order valence-electron chi connectivity index (χ2n) is 9.22. The Morgan fingerprint density at radius 3 is 2.78 bits per heavy atom. The second kappa shape index (κ2) is 8.11. The molecule has 0 N–H and O–H groups in total. The highest BCUT2D eigenvalue weighted by Crippen LogP contribution is 2.40. The number of nitrogens with zero attached hydrogens (tertiary/aromatic N) is 5. The van der Waals surface area contributed by atoms with E-state index < -0.39 is 0 Å². The number of pyridine rings is 1. The molecule has 1 fully saturated rings. The van der Waals surface area contributed by atoms with Gasteiger partial charge in [0.2, 0.25) is 0 Å². The van der Waals surface area contributed by atoms with Crippen molar-refractivity contribution in [2.24, 2.45) is 0 Å². The number of rotatable bonds is 6. The summed E-state index contributed by atoms with van der Waals surface area (Å²) in [6.45, 7) is 8.50. The molecule has 3 heterocycles. The first-order chi connectivity index (χ1) is 15.5. The fraction of sp³-hybridized carbons (Fsp3) is 0.480. The summed E-state index contributed by atoms with van der Waals surface area (Å²) >= 11 is 0. The number of hydrogen-bond donors (Lipinski definition) is 0. The number of amides is 1. The Kier molecular flexibility index (Phi) is 5.27. The van der Waals surface area contributed by atoms with E-state index in [0.717, 1.165) is 54.1 Å². The highest BCUT2D eigenvalue weighted by atomic mass is 16.5. The third-order valence-corrected chi connectivity index (χ3v) is 6.43. The maximum Gasteiger partial charge on any atom is 0.254 e. The Morgan fingerprint density at radius 2 is 2.06 bits per heavy atom. The van der Waals surface area contributed by atoms with E-state index in [1.165, 1.54) is 0 Å². The summed E-state index contributed by atoms with van der Waals surface area (Å²) in [5, 5.41) is 5.36. The number of para-hydroxylation sites is 2. The lowest BCUT2D eigenvalue weighted by atomic mass is 10.1. The smallest absolute Gasteiger partial charge is 0.254 e. The van der Waals surface area contributed by atoms with Crippen molar-refractivity contribution < 1.29 is 9.53 Å². The van der Waals surface area contributed by atoms with Gasteiger partial charge < -0.3 is 14.5 Å². The lowest BCUT2D eigenvalue weighted by Gasteiger charge is -2.37. The third-order valence-electron chi connectivity index (χ3n) is 6.43. The van der Waals surface area contributed by atoms with Crippen LogP contribution >= 0.6 is 0 Å². The molecule has 7 nitrogen and oxygen atoms in total. The molecule has 0 bridgehead atoms. The molecule has 0 radical (unpaired) electrons. The lowest BCUT2D eigenvalue weighted by molar-refractivity contribution is 0.0711. The van der Waals surface area contributed by atoms with Crippen molar-refractivity contribution in [2.75, 3.05) is 31.6 Å². The van der Waals surface area contributed by atoms with Crippen molar-refractivity contribution in [3.8, 4) is 5.75 Å². The van der Waals surface area contributed by atoms with Crippen LogP contribution in [0.25, 0.3) is 11.0 Å². The van der Waals surface area contributed by atoms with Crippen LogP contribution in [0.1, 0.15) is 61.6 Å². The molecule has 2 aromatic heterocycles. The zero-order valence-corrected chi connectivity index (χ0v) is 19.3. The van der Waals surface area contributed by atoms with Crippen LogP contribution in [0.2, 0.25) is 0 Å². The first-order valence-electron chi connectivity index (χ1n) is 11.6. The van der Waals surface area contributed by atoms with Crippen molar-refractivity contribution in [1.29, 1.82) is 0 Å². The molecule has 1 aromatic carbocycles. The number of carbonyl (C=O) groups is 1. The van der Waals surface area contributed by atoms with Crippen LogP contribution in [0.5, 0.6) is 5.75 Å². The van der Waals surface area contributed by atoms with Crippen molar-refractivity contribution in [2.45, 2.75) is 51.7 Å². The first-order valence-corrected chi connectivity index (χ1v) is 11.6. The van der Waals surface area contributed by atoms with Crippen molar-refractivity contribution in [1.82, 2.24) is 19.7 Å². The maximum absolute atomic E-state index is 13.6. The van der Waals surface area contributed by atoms with Gasteiger partial charge in [-0.15, -0.1) is 0 Å². The van der Waals surface area contributed by atoms with Crippen molar-refractivity contribution in [3.05, 3.63) is 47.8 Å². The molecule has 3 aromatic rings. The van der Waals surface area contributed by atoms with Gasteiger partial charge in [-0.25, -0.2) is 9.67 Å². The van der Waals surface area contributed by atoms with E-state index in [2.05, 4.69) is 36.8 Å². The summed E-state index contributed by atoms with van der Waals surface area (Å²) in [5.41, 5.74) is 3.62. The molecule has 1 aliphatic carbocycles. The van der Waals surface area contributed by atoms with E-state index in [9.17, 15) is 4.79 Å². The van der Waals surface area contributed by atoms with Gasteiger partial charge in [0.05, 0.1) is 35.9 Å². The monoisotopic (exact) mass is 433 g/mol. The fourth-order valence-electron chi connectivity index (χ4n) is 4.55. The van der Waals surface area contributed by atoms with Gasteiger partial charge in [-0.05, 0) is 51.8 Å². The predicted molar refractivity (Wildman–Crippen MR) is 126 cm³/mol. The molecule has 32 heavy (non-hydrogen) atoms. The number of likely N-dealkylation sites (N-methyl/N-ethyl adjacent to an activating group) is 2. The Morgan fingerprint density at radius 1 is 1.28 bits per heavy atom. The molecule has 0 spiro atoms. The zero-order chi connectivity index (χ0) is 22.4. The fourth-order valence-corrected chi connectivity index (χ4v) is 4.55. The van der Waals surface area contributed by atoms with Crippen LogP contribution in [0, 0.1) is 0 Å². The molecule has 0 unspecified atom stereocenters. The van der Waals surface area contributed by atoms with Gasteiger partial charge in [0, 0.05) is 31.2 Å². The summed E-state index contributed by atoms with van der Waals surface area (Å²) in [6, 6.07) is 10.3. The minimum Gasteiger partial charge on any atom is -0.485 e. The van der Waals surface area contributed by atoms with Gasteiger partial charge in [-0.3, -0.25) is 4.79 Å². The molecule has 2 aliphatic rings. The van der Waals surface area contributed by atoms with Crippen molar-refractivity contribution in [3.63, 3.8) is 0 Å². The molecule has 168 valence electrons. The number of fused-ring (bicyclic) bond motifs is 2. The van der Waals surface area contributed by atoms with E-state index in [1.54, 1.807) is 11.1 Å². The maximum atomic E-state index is 13.6. The van der Waals surface area contributed by atoms with Gasteiger partial charge in [0.1, 0.15) is 11.9 Å². The lowest BCUT2D eigenvalue weighted by Crippen LogP contribution is -2.46. The van der Waals surface area contributed by atoms with Crippen molar-refractivity contribution >= 4 is 22.6 Å². The van der Waals surface area contributed by atoms with Gasteiger partial charge in [-0.1, -0.05) is 12.1 Å². The molecule has 1 atom stereocenters. The van der Waals surface area contributed by atoms with Crippen LogP contribution in [-0.4, -0.2) is 58.4 Å². The highest BCUT2D eigenvalue weighted by molar-refractivity contribution is 6.05. The molecule has 1 amide bonds. The molecule has 5 rings (SSSR count). The average Bonchev–Trinajstić information content (AvgIpc) is 3.55. The number of ether oxygens (including phenoxy) is 1. The Balaban J connectivity index is 1.42. The van der Waals surface area contributed by atoms with Crippen LogP contribution < -0.4 is 9.64 Å². The standard InChI is InChI=1S/C25H31N5O2/c1-5-29-15-18(32-23-9-7-6-8-22(23)29)14-28(4)25(31)19-12-21(17-10-11-17)27-24-20(19)13-26-30(24)16(2)3/h6-9,12-13,16-18H,5,10-11,14-15H2,1-4H3/t18-/m1/s1. The number of benzene rings is 1. The Bertz CT molecular complexity index is 1150. The first kappa shape index (κ1) is 20.8. The molecule has 1 aliphatic heterocycles. The Hall–Kier alpha value is -3.09. The van der Waals surface area contributed by atoms with E-state index in [-0.39, 0.29) is 18.1 Å². The summed E-state index contributed by atoms with van der Waals surface area (Å²) in [7, 11) is 1.86. The molecule has 1 saturated carbocycles. The highest BCUT2D eigenvalue weighted by Gasteiger charge is 2.31. The summed E-state index contributed by atoms with van der Waals surface area (Å²) in [5.74, 6) is 1.34. The minimum atomic E-state index is -0.0857. The van der Waals surface area contributed by atoms with Crippen LogP contribution in [0.3, 0.4) is 0 Å². The largest absolute Gasteiger partial charge is 0.485 e. The minimum absolute atomic E-state index is 0.00638. The summed E-state index contributed by atoms with van der Waals surface area (Å²) in [6.07, 6.45) is 3.98. The SMILES string of the molecule is CCN1C[C@@H](CN(C)C(=O)c2cc(C3CC3)nc3c2cnn3C(C)C)Oc2ccccc21. The van der Waals surface area contributed by atoms with Crippen LogP contribution in [-0.2, 0) is 0 Å². The van der Waals surface area contributed by atoms with E-state index in [0.29, 0.717) is 18.0 Å². The molecule has 7 heteroatoms. The second-order valence-corrected chi connectivity index (χ2v) is 9.22. The predicted octanol–water partition coefficient (Wildman–Crippen LogP) is 4.25. The van der Waals surface area contributed by atoms with E-state index >= 15 is 0 Å². The normalized spacial score (nSPS) is 18.0. The molecular weight excluding hydrogens is 402 g/mol. The third kappa shape index (κ3) is 3.70. The zero-order valence-electron chi connectivity index (χ0n) is 19.3. The summed E-state index contributed by atoms with van der Waals surface area (Å²) in [4.78, 5) is 22.6. The topological polar surface area (TPSA) is 63.5 Å². The van der Waals surface area contributed by atoms with Gasteiger partial charge in [0.15, 0.2) is 5.65 Å². The number of hydrogen-bond acceptors (Lipinski definition) is 5. The van der Waals surface area contributed by atoms with E-state index in [4.69, 9.17) is 9.72 Å². The number of anilines is 1. The molecule has 0 saturated heterocycles. The Labute approximate surface area is 189 Å². The number of carbonyl (C=O) groups excluding carboxylic acids is 1. The van der Waals surface area contributed by atoms with Gasteiger partial charge >= 0.3 is 0 Å². The summed E-state index contributed by atoms with van der Waals surface area (Å²) < 4.78 is 8.17. The molecular formula is C25H31N5O2. The number of aromatic nitrogens is 3. The van der Waals surface area contributed by atoms with Crippen LogP contribution in [0.4, 0.5) is 5.69 Å². The van der Waals surface area contributed by atoms with Crippen LogP contribution in [0.15, 0.2) is 36.5 Å². The average molecular weight is 434 g/mol.